The van der Waals surface area contributed by atoms with Crippen LogP contribution in [0.1, 0.15) is 47.2 Å². The van der Waals surface area contributed by atoms with Crippen molar-refractivity contribution in [3.05, 3.63) is 77.3 Å². The van der Waals surface area contributed by atoms with Crippen molar-refractivity contribution in [3.8, 4) is 17.0 Å². The lowest BCUT2D eigenvalue weighted by Crippen LogP contribution is -2.50. The molecule has 0 radical (unpaired) electrons. The number of anilines is 2. The van der Waals surface area contributed by atoms with Crippen LogP contribution in [0.2, 0.25) is 0 Å². The predicted molar refractivity (Wildman–Crippen MR) is 134 cm³/mol. The lowest BCUT2D eigenvalue weighted by molar-refractivity contribution is 0.0538. The summed E-state index contributed by atoms with van der Waals surface area (Å²) in [4.78, 5) is 23.3. The molecule has 9 heteroatoms. The van der Waals surface area contributed by atoms with Gasteiger partial charge in [0, 0.05) is 11.3 Å². The summed E-state index contributed by atoms with van der Waals surface area (Å²) in [5.41, 5.74) is 8.34. The molecule has 186 valence electrons. The summed E-state index contributed by atoms with van der Waals surface area (Å²) < 4.78 is 35.5. The average molecular weight is 492 g/mol. The van der Waals surface area contributed by atoms with Gasteiger partial charge in [0.25, 0.3) is 5.91 Å². The number of nitrogens with one attached hydrogen (secondary N) is 1. The molecule has 0 atom stereocenters. The highest BCUT2D eigenvalue weighted by Gasteiger charge is 2.29. The molecular weight excluding hydrogens is 464 g/mol. The summed E-state index contributed by atoms with van der Waals surface area (Å²) >= 11 is 0. The van der Waals surface area contributed by atoms with E-state index in [-0.39, 0.29) is 28.9 Å². The maximum absolute atomic E-state index is 14.7. The van der Waals surface area contributed by atoms with Gasteiger partial charge < -0.3 is 20.7 Å². The smallest absolute Gasteiger partial charge is 0.258 e. The van der Waals surface area contributed by atoms with Crippen molar-refractivity contribution in [2.24, 2.45) is 0 Å². The summed E-state index contributed by atoms with van der Waals surface area (Å²) in [6, 6.07) is 7.14. The lowest BCUT2D eigenvalue weighted by atomic mass is 10.0. The normalized spacial score (nSPS) is 15.7. The number of aromatic nitrogens is 2. The van der Waals surface area contributed by atoms with Gasteiger partial charge >= 0.3 is 0 Å². The van der Waals surface area contributed by atoms with Crippen molar-refractivity contribution in [1.82, 2.24) is 14.9 Å². The van der Waals surface area contributed by atoms with Gasteiger partial charge in [0.2, 0.25) is 0 Å². The second kappa shape index (κ2) is 9.56. The monoisotopic (exact) mass is 491 g/mol. The topological polar surface area (TPSA) is 93.4 Å². The highest BCUT2D eigenvalue weighted by atomic mass is 19.1. The number of carbonyl (C=O) groups excluding carboxylic acids is 1. The molecule has 7 nitrogen and oxygen atoms in total. The van der Waals surface area contributed by atoms with Crippen molar-refractivity contribution in [3.63, 3.8) is 0 Å². The van der Waals surface area contributed by atoms with Crippen LogP contribution in [0, 0.1) is 18.6 Å². The average Bonchev–Trinajstić information content (AvgIpc) is 3.66. The molecule has 2 fully saturated rings. The number of benzene rings is 2. The maximum Gasteiger partial charge on any atom is 0.258 e. The largest absolute Gasteiger partial charge is 0.481 e. The van der Waals surface area contributed by atoms with Crippen LogP contribution >= 0.6 is 0 Å². The summed E-state index contributed by atoms with van der Waals surface area (Å²) in [5.74, 6) is -1.09. The van der Waals surface area contributed by atoms with E-state index in [9.17, 15) is 13.6 Å². The minimum Gasteiger partial charge on any atom is -0.481 e. The second-order valence-electron chi connectivity index (χ2n) is 9.21. The van der Waals surface area contributed by atoms with Crippen molar-refractivity contribution in [2.75, 3.05) is 24.1 Å². The number of nitrogens with two attached hydrogens (primary N) is 1. The third-order valence-electron chi connectivity index (χ3n) is 6.51. The Kier molecular flexibility index (Phi) is 6.30. The third-order valence-corrected chi connectivity index (χ3v) is 6.51. The predicted octanol–water partition coefficient (Wildman–Crippen LogP) is 5.04. The van der Waals surface area contributed by atoms with E-state index in [1.807, 2.05) is 19.2 Å². The van der Waals surface area contributed by atoms with Crippen LogP contribution in [0.4, 0.5) is 20.3 Å². The van der Waals surface area contributed by atoms with E-state index >= 15 is 0 Å². The summed E-state index contributed by atoms with van der Waals surface area (Å²) in [7, 11) is 0. The van der Waals surface area contributed by atoms with Crippen LogP contribution in [0.3, 0.4) is 0 Å². The van der Waals surface area contributed by atoms with E-state index in [0.29, 0.717) is 35.8 Å². The van der Waals surface area contributed by atoms with Crippen molar-refractivity contribution in [2.45, 2.75) is 38.7 Å². The Hall–Kier alpha value is -4.01. The summed E-state index contributed by atoms with van der Waals surface area (Å²) in [6.45, 7) is 5.01. The minimum absolute atomic E-state index is 0.101. The first-order valence-electron chi connectivity index (χ1n) is 11.9. The van der Waals surface area contributed by atoms with E-state index in [0.717, 1.165) is 18.4 Å². The van der Waals surface area contributed by atoms with Crippen LogP contribution in [0.5, 0.6) is 5.75 Å². The highest BCUT2D eigenvalue weighted by Crippen LogP contribution is 2.41. The number of amides is 1. The molecule has 3 aromatic rings. The maximum atomic E-state index is 14.7. The first-order chi connectivity index (χ1) is 17.3. The molecule has 0 unspecified atom stereocenters. The molecule has 2 heterocycles. The first kappa shape index (κ1) is 23.7. The fraction of sp³-hybridized carbons (Fsp3) is 0.296. The molecule has 1 aliphatic carbocycles. The number of hydrogen-bond acceptors (Lipinski definition) is 6. The van der Waals surface area contributed by atoms with E-state index in [1.54, 1.807) is 13.0 Å². The van der Waals surface area contributed by atoms with Gasteiger partial charge in [-0.15, -0.1) is 0 Å². The Morgan fingerprint density at radius 3 is 2.67 bits per heavy atom. The molecule has 3 N–H and O–H groups in total. The zero-order chi connectivity index (χ0) is 25.4. The molecular formula is C27H27F2N5O2. The first-order valence-corrected chi connectivity index (χ1v) is 11.9. The molecule has 0 spiro atoms. The van der Waals surface area contributed by atoms with Crippen molar-refractivity contribution in [1.29, 1.82) is 0 Å². The molecule has 36 heavy (non-hydrogen) atoms. The number of ether oxygens (including phenoxy) is 1. The quantitative estimate of drug-likeness (QED) is 0.481. The van der Waals surface area contributed by atoms with E-state index < -0.39 is 17.5 Å². The molecule has 1 aromatic heterocycles. The zero-order valence-corrected chi connectivity index (χ0v) is 20.1. The molecule has 5 rings (SSSR count). The van der Waals surface area contributed by atoms with Crippen molar-refractivity contribution >= 4 is 17.4 Å². The number of carbonyl (C=O) groups is 1. The van der Waals surface area contributed by atoms with Gasteiger partial charge in [-0.2, -0.15) is 0 Å². The van der Waals surface area contributed by atoms with Crippen LogP contribution < -0.4 is 15.8 Å². The third kappa shape index (κ3) is 4.73. The Morgan fingerprint density at radius 1 is 1.19 bits per heavy atom. The van der Waals surface area contributed by atoms with Crippen LogP contribution in [0.25, 0.3) is 11.3 Å². The summed E-state index contributed by atoms with van der Waals surface area (Å²) in [6.07, 6.45) is 7.14. The fourth-order valence-corrected chi connectivity index (χ4v) is 4.37. The van der Waals surface area contributed by atoms with Gasteiger partial charge in [0.1, 0.15) is 29.8 Å². The number of allylic oxidation sites excluding steroid dienone is 1. The van der Waals surface area contributed by atoms with Crippen LogP contribution in [-0.2, 0) is 0 Å². The highest BCUT2D eigenvalue weighted by molar-refractivity contribution is 6.05. The molecule has 1 saturated heterocycles. The molecule has 2 aromatic carbocycles. The molecule has 2 aliphatic rings. The van der Waals surface area contributed by atoms with Gasteiger partial charge in [-0.1, -0.05) is 12.1 Å². The molecule has 0 bridgehead atoms. The van der Waals surface area contributed by atoms with E-state index in [1.165, 1.54) is 30.6 Å². The number of halogens is 2. The number of rotatable bonds is 7. The Bertz CT molecular complexity index is 1350. The fourth-order valence-electron chi connectivity index (χ4n) is 4.37. The Balaban J connectivity index is 1.43. The van der Waals surface area contributed by atoms with Gasteiger partial charge in [0.15, 0.2) is 11.6 Å². The van der Waals surface area contributed by atoms with Crippen LogP contribution in [0.15, 0.2) is 48.9 Å². The standard InChI is InChI=1S/C27H27F2N5O2/c1-3-8-34-12-19(13-34)36-25-24(31-14-32-26(25)30)21-10-18(28)11-23(15(21)2)33-27(35)20-7-6-17(9-22(20)29)16-4-5-16/h3,6-11,14,16,19H,4-5,12-13H2,1-2H3,(H,33,35)(H2,30,31,32). The SMILES string of the molecule is CC=CN1CC(Oc2c(N)ncnc2-c2cc(F)cc(NC(=O)c3ccc(C4CC4)cc3F)c2C)C1. The van der Waals surface area contributed by atoms with E-state index in [2.05, 4.69) is 20.2 Å². The molecule has 1 amide bonds. The van der Waals surface area contributed by atoms with E-state index in [4.69, 9.17) is 10.5 Å². The zero-order valence-electron chi connectivity index (χ0n) is 20.1. The molecule has 1 aliphatic heterocycles. The lowest BCUT2D eigenvalue weighted by Gasteiger charge is -2.38. The van der Waals surface area contributed by atoms with Crippen LogP contribution in [-0.4, -0.2) is 40.0 Å². The number of nitrogens with zero attached hydrogens (tertiary/aromatic N) is 3. The minimum atomic E-state index is -0.660. The number of nitrogen functional groups attached to an aromatic ring is 1. The van der Waals surface area contributed by atoms with Gasteiger partial charge in [-0.05, 0) is 74.2 Å². The second-order valence-corrected chi connectivity index (χ2v) is 9.21. The van der Waals surface area contributed by atoms with Gasteiger partial charge in [-0.3, -0.25) is 4.79 Å². The summed E-state index contributed by atoms with van der Waals surface area (Å²) in [5, 5.41) is 2.65. The number of hydrogen-bond donors (Lipinski definition) is 2. The van der Waals surface area contributed by atoms with Crippen molar-refractivity contribution < 1.29 is 18.3 Å². The van der Waals surface area contributed by atoms with Gasteiger partial charge in [0.05, 0.1) is 18.7 Å². The Morgan fingerprint density at radius 2 is 1.97 bits per heavy atom. The Labute approximate surface area is 208 Å². The van der Waals surface area contributed by atoms with Gasteiger partial charge in [-0.25, -0.2) is 18.7 Å². The number of likely N-dealkylation sites (tertiary alicyclic amines) is 1. The molecule has 1 saturated carbocycles.